The Morgan fingerprint density at radius 2 is 2.12 bits per heavy atom. The van der Waals surface area contributed by atoms with Gasteiger partial charge in [-0.25, -0.2) is 0 Å². The summed E-state index contributed by atoms with van der Waals surface area (Å²) in [5.74, 6) is 1.61. The lowest BCUT2D eigenvalue weighted by atomic mass is 10.2. The lowest BCUT2D eigenvalue weighted by molar-refractivity contribution is 0.422. The van der Waals surface area contributed by atoms with E-state index in [9.17, 15) is 0 Å². The quantitative estimate of drug-likeness (QED) is 0.393. The fourth-order valence-corrected chi connectivity index (χ4v) is 3.78. The van der Waals surface area contributed by atoms with Gasteiger partial charge in [-0.15, -0.1) is 24.0 Å². The molecule has 5 nitrogen and oxygen atoms in total. The molecule has 1 fully saturated rings. The summed E-state index contributed by atoms with van der Waals surface area (Å²) in [6, 6.07) is 12.5. The molecule has 2 N–H and O–H groups in total. The third-order valence-corrected chi connectivity index (χ3v) is 5.43. The molecule has 1 aromatic carbocycles. The molecule has 25 heavy (non-hydrogen) atoms. The summed E-state index contributed by atoms with van der Waals surface area (Å²) >= 11 is 1.96. The number of hydrogen-bond acceptors (Lipinski definition) is 4. The lowest BCUT2D eigenvalue weighted by Crippen LogP contribution is -2.42. The Hall–Kier alpha value is -1.22. The SMILES string of the molecule is CN=C(NCc1cc(-c2ccccc2)on1)NC1CCC(SC)C1.I. The molecule has 1 aliphatic rings. The van der Waals surface area contributed by atoms with Crippen molar-refractivity contribution in [3.63, 3.8) is 0 Å². The van der Waals surface area contributed by atoms with Crippen molar-refractivity contribution in [2.45, 2.75) is 37.1 Å². The average molecular weight is 472 g/mol. The van der Waals surface area contributed by atoms with Crippen LogP contribution in [-0.4, -0.2) is 35.7 Å². The van der Waals surface area contributed by atoms with Gasteiger partial charge in [0, 0.05) is 30.0 Å². The second-order valence-electron chi connectivity index (χ2n) is 5.99. The summed E-state index contributed by atoms with van der Waals surface area (Å²) < 4.78 is 5.43. The average Bonchev–Trinajstić information content (AvgIpc) is 3.28. The van der Waals surface area contributed by atoms with Crippen LogP contribution in [0.25, 0.3) is 11.3 Å². The molecule has 0 aliphatic heterocycles. The Kier molecular flexibility index (Phi) is 8.08. The van der Waals surface area contributed by atoms with Crippen molar-refractivity contribution in [3.8, 4) is 11.3 Å². The first-order valence-corrected chi connectivity index (χ1v) is 9.58. The van der Waals surface area contributed by atoms with E-state index in [1.807, 2.05) is 48.2 Å². The van der Waals surface area contributed by atoms with Gasteiger partial charge in [0.05, 0.1) is 6.54 Å². The standard InChI is InChI=1S/C18H24N4OS.HI/c1-19-18(21-14-8-9-16(10-14)24-2)20-12-15-11-17(23-22-15)13-6-4-3-5-7-13;/h3-7,11,14,16H,8-10,12H2,1-2H3,(H2,19,20,21);1H. The van der Waals surface area contributed by atoms with Gasteiger partial charge in [-0.05, 0) is 25.5 Å². The molecule has 136 valence electrons. The number of guanidine groups is 1. The second kappa shape index (κ2) is 10.1. The molecule has 0 saturated heterocycles. The molecule has 1 saturated carbocycles. The number of nitrogens with zero attached hydrogens (tertiary/aromatic N) is 2. The van der Waals surface area contributed by atoms with Crippen LogP contribution in [0.5, 0.6) is 0 Å². The van der Waals surface area contributed by atoms with Gasteiger partial charge in [-0.3, -0.25) is 4.99 Å². The minimum atomic E-state index is 0. The van der Waals surface area contributed by atoms with Crippen LogP contribution in [0.2, 0.25) is 0 Å². The van der Waals surface area contributed by atoms with Crippen LogP contribution < -0.4 is 10.6 Å². The summed E-state index contributed by atoms with van der Waals surface area (Å²) in [5.41, 5.74) is 1.90. The summed E-state index contributed by atoms with van der Waals surface area (Å²) in [5, 5.41) is 11.7. The van der Waals surface area contributed by atoms with E-state index >= 15 is 0 Å². The van der Waals surface area contributed by atoms with Gasteiger partial charge in [0.1, 0.15) is 5.69 Å². The maximum atomic E-state index is 5.43. The summed E-state index contributed by atoms with van der Waals surface area (Å²) in [6.07, 6.45) is 5.87. The van der Waals surface area contributed by atoms with Crippen molar-refractivity contribution >= 4 is 41.7 Å². The minimum Gasteiger partial charge on any atom is -0.356 e. The lowest BCUT2D eigenvalue weighted by Gasteiger charge is -2.16. The van der Waals surface area contributed by atoms with E-state index in [-0.39, 0.29) is 24.0 Å². The van der Waals surface area contributed by atoms with Gasteiger partial charge >= 0.3 is 0 Å². The molecule has 7 heteroatoms. The van der Waals surface area contributed by atoms with Crippen molar-refractivity contribution in [1.82, 2.24) is 15.8 Å². The smallest absolute Gasteiger partial charge is 0.191 e. The fraction of sp³-hybridized carbons (Fsp3) is 0.444. The zero-order chi connectivity index (χ0) is 16.8. The number of hydrogen-bond donors (Lipinski definition) is 2. The highest BCUT2D eigenvalue weighted by Crippen LogP contribution is 2.28. The first kappa shape index (κ1) is 20.1. The minimum absolute atomic E-state index is 0. The van der Waals surface area contributed by atoms with Crippen LogP contribution in [0.1, 0.15) is 25.0 Å². The van der Waals surface area contributed by atoms with Gasteiger partial charge in [-0.1, -0.05) is 35.5 Å². The summed E-state index contributed by atoms with van der Waals surface area (Å²) in [4.78, 5) is 4.31. The third-order valence-electron chi connectivity index (χ3n) is 4.34. The monoisotopic (exact) mass is 472 g/mol. The first-order valence-electron chi connectivity index (χ1n) is 8.29. The van der Waals surface area contributed by atoms with Crippen LogP contribution in [-0.2, 0) is 6.54 Å². The van der Waals surface area contributed by atoms with E-state index in [1.165, 1.54) is 19.3 Å². The number of rotatable bonds is 5. The number of aliphatic imine (C=N–C) groups is 1. The predicted octanol–water partition coefficient (Wildman–Crippen LogP) is 3.91. The van der Waals surface area contributed by atoms with Crippen molar-refractivity contribution < 1.29 is 4.52 Å². The highest BCUT2D eigenvalue weighted by Gasteiger charge is 2.24. The van der Waals surface area contributed by atoms with E-state index in [0.717, 1.165) is 28.2 Å². The van der Waals surface area contributed by atoms with Crippen LogP contribution in [0, 0.1) is 0 Å². The predicted molar refractivity (Wildman–Crippen MR) is 116 cm³/mol. The van der Waals surface area contributed by atoms with Crippen LogP contribution in [0.3, 0.4) is 0 Å². The molecule has 1 aromatic heterocycles. The number of aromatic nitrogens is 1. The van der Waals surface area contributed by atoms with Crippen LogP contribution in [0.4, 0.5) is 0 Å². The van der Waals surface area contributed by atoms with Gasteiger partial charge in [-0.2, -0.15) is 11.8 Å². The molecule has 3 rings (SSSR count). The number of benzene rings is 1. The van der Waals surface area contributed by atoms with Gasteiger partial charge in [0.2, 0.25) is 0 Å². The van der Waals surface area contributed by atoms with E-state index in [0.29, 0.717) is 12.6 Å². The van der Waals surface area contributed by atoms with Crippen LogP contribution in [0.15, 0.2) is 45.9 Å². The zero-order valence-corrected chi connectivity index (χ0v) is 17.7. The summed E-state index contributed by atoms with van der Waals surface area (Å²) in [7, 11) is 1.80. The molecule has 1 aliphatic carbocycles. The Morgan fingerprint density at radius 1 is 1.32 bits per heavy atom. The highest BCUT2D eigenvalue weighted by molar-refractivity contribution is 14.0. The third kappa shape index (κ3) is 5.64. The molecular weight excluding hydrogens is 447 g/mol. The maximum Gasteiger partial charge on any atom is 0.191 e. The van der Waals surface area contributed by atoms with E-state index in [2.05, 4.69) is 27.0 Å². The van der Waals surface area contributed by atoms with E-state index in [4.69, 9.17) is 4.52 Å². The normalized spacial score (nSPS) is 20.2. The molecule has 0 bridgehead atoms. The highest BCUT2D eigenvalue weighted by atomic mass is 127. The summed E-state index contributed by atoms with van der Waals surface area (Å²) in [6.45, 7) is 0.592. The second-order valence-corrected chi connectivity index (χ2v) is 7.12. The maximum absolute atomic E-state index is 5.43. The fourth-order valence-electron chi connectivity index (χ4n) is 2.98. The Balaban J connectivity index is 0.00000225. The topological polar surface area (TPSA) is 62.5 Å². The largest absolute Gasteiger partial charge is 0.356 e. The number of nitrogens with one attached hydrogen (secondary N) is 2. The number of thioether (sulfide) groups is 1. The molecule has 2 atom stereocenters. The van der Waals surface area contributed by atoms with Gasteiger partial charge in [0.25, 0.3) is 0 Å². The molecule has 2 aromatic rings. The first-order chi connectivity index (χ1) is 11.8. The molecular formula is C18H25IN4OS. The molecule has 0 spiro atoms. The molecule has 1 heterocycles. The Bertz CT molecular complexity index is 677. The van der Waals surface area contributed by atoms with Gasteiger partial charge in [0.15, 0.2) is 11.7 Å². The van der Waals surface area contributed by atoms with E-state index in [1.54, 1.807) is 7.05 Å². The van der Waals surface area contributed by atoms with Crippen molar-refractivity contribution in [2.24, 2.45) is 4.99 Å². The van der Waals surface area contributed by atoms with Crippen LogP contribution >= 0.6 is 35.7 Å². The van der Waals surface area contributed by atoms with E-state index < -0.39 is 0 Å². The Morgan fingerprint density at radius 3 is 2.80 bits per heavy atom. The zero-order valence-electron chi connectivity index (χ0n) is 14.6. The molecule has 0 radical (unpaired) electrons. The molecule has 2 unspecified atom stereocenters. The van der Waals surface area contributed by atoms with Crippen molar-refractivity contribution in [2.75, 3.05) is 13.3 Å². The van der Waals surface area contributed by atoms with Gasteiger partial charge < -0.3 is 15.2 Å². The number of halogens is 1. The molecule has 0 amide bonds. The van der Waals surface area contributed by atoms with Crippen molar-refractivity contribution in [1.29, 1.82) is 0 Å². The Labute approximate surface area is 170 Å². The van der Waals surface area contributed by atoms with Crippen molar-refractivity contribution in [3.05, 3.63) is 42.1 Å².